The standard InChI is InChI=1S/C75H47N5O2Si/c1-3-23-51(24-4-1)83(52-25-5-2-6-26-52,53-27-19-21-48(45-53)49-41-44-70-62(47-49)58-32-12-17-39-68(58)81-70)54-28-20-22-50(46-54)73-76-74(61-34-10-16-38-66(61)79-63-35-13-7-29-55(63)56-30-8-14-36-64(56)79)78-75(77-73)80-65-37-15-9-33-60(65)71-67(80)43-42-59-57-31-11-18-40-69(57)82-72(59)71/h1-47H/i7D,8D,9D,10D,13D,14D,15D,16D,19D,20D,21D,22D,27D,28D,29D,30D,33D,34D,35D,36D,37D,38D,42D,43D,45D,46D. The Bertz CT molecular complexity index is 6910. The zero-order valence-corrected chi connectivity index (χ0v) is 43.7. The Kier molecular flexibility index (Phi) is 6.26. The van der Waals surface area contributed by atoms with Gasteiger partial charge in [0.05, 0.1) is 68.8 Å². The second kappa shape index (κ2) is 18.6. The van der Waals surface area contributed by atoms with Crippen molar-refractivity contribution in [3.8, 4) is 45.5 Å². The molecular weight excluding hydrogens is 1030 g/mol. The summed E-state index contributed by atoms with van der Waals surface area (Å²) < 4.78 is 266. The highest BCUT2D eigenvalue weighted by atomic mass is 28.3. The van der Waals surface area contributed by atoms with Crippen LogP contribution in [0.4, 0.5) is 0 Å². The SMILES string of the molecule is [2H]c1c([2H])c([2H])c(-n2c3c([2H])c([2H])c([2H])c([2H])c3c3c([2H])c([2H])c([2H])c([2H])c32)c(-c2nc(-c3c([2H])c([2H])c([2H])c([Si](c4ccccc4)(c4ccccc4)c4c([2H])c([2H])c([2H])c(-c5ccc6oc7ccccc7c6c5)c4[2H])c3[2H])nc(-n3c4c([2H])c([2H])c([2H])c([2H])c4c4c5oc6ccccc6c5c([2H])c([2H])c43)n2)c1[2H]. The quantitative estimate of drug-likeness (QED) is 0.106. The monoisotopic (exact) mass is 1100 g/mol. The predicted molar refractivity (Wildman–Crippen MR) is 343 cm³/mol. The summed E-state index contributed by atoms with van der Waals surface area (Å²) in [6.45, 7) is 0. The highest BCUT2D eigenvalue weighted by Crippen LogP contribution is 2.42. The van der Waals surface area contributed by atoms with Crippen LogP contribution in [0.1, 0.15) is 35.6 Å². The zero-order chi connectivity index (χ0) is 77.2. The molecule has 0 radical (unpaired) electrons. The van der Waals surface area contributed by atoms with E-state index in [2.05, 4.69) is 0 Å². The Hall–Kier alpha value is -10.9. The van der Waals surface area contributed by atoms with Crippen LogP contribution in [0.5, 0.6) is 0 Å². The van der Waals surface area contributed by atoms with Gasteiger partial charge in [-0.2, -0.15) is 9.97 Å². The fraction of sp³-hybridized carbons (Fsp3) is 0. The maximum absolute atomic E-state index is 11.1. The van der Waals surface area contributed by atoms with Crippen LogP contribution in [-0.2, 0) is 0 Å². The molecule has 0 bridgehead atoms. The van der Waals surface area contributed by atoms with E-state index in [0.717, 1.165) is 9.13 Å². The largest absolute Gasteiger partial charge is 0.456 e. The minimum Gasteiger partial charge on any atom is -0.456 e. The molecule has 388 valence electrons. The summed E-state index contributed by atoms with van der Waals surface area (Å²) in [4.78, 5) is 14.8. The summed E-state index contributed by atoms with van der Waals surface area (Å²) in [5, 5.41) is -0.182. The van der Waals surface area contributed by atoms with Crippen molar-refractivity contribution in [1.29, 1.82) is 0 Å². The lowest BCUT2D eigenvalue weighted by atomic mass is 10.0. The molecule has 5 aromatic heterocycles. The van der Waals surface area contributed by atoms with Crippen molar-refractivity contribution in [2.24, 2.45) is 0 Å². The van der Waals surface area contributed by atoms with Crippen LogP contribution in [0.3, 0.4) is 0 Å². The van der Waals surface area contributed by atoms with Crippen LogP contribution >= 0.6 is 0 Å². The van der Waals surface area contributed by atoms with Gasteiger partial charge in [0, 0.05) is 48.8 Å². The summed E-state index contributed by atoms with van der Waals surface area (Å²) >= 11 is 0. The van der Waals surface area contributed by atoms with Gasteiger partial charge in [-0.15, -0.1) is 0 Å². The smallest absolute Gasteiger partial charge is 0.238 e. The van der Waals surface area contributed by atoms with Gasteiger partial charge in [-0.05, 0) is 98.4 Å². The number of fused-ring (bicyclic) bond motifs is 13. The third-order valence-electron chi connectivity index (χ3n) is 15.0. The van der Waals surface area contributed by atoms with Gasteiger partial charge in [-0.25, -0.2) is 4.98 Å². The van der Waals surface area contributed by atoms with Gasteiger partial charge in [-0.3, -0.25) is 4.57 Å². The average Bonchev–Trinajstić information content (AvgIpc) is 1.26. The molecule has 17 aromatic rings. The topological polar surface area (TPSA) is 74.8 Å². The second-order valence-electron chi connectivity index (χ2n) is 19.4. The van der Waals surface area contributed by atoms with Gasteiger partial charge in [0.2, 0.25) is 5.95 Å². The summed E-state index contributed by atoms with van der Waals surface area (Å²) in [7, 11) is -5.08. The molecule has 0 aliphatic carbocycles. The molecule has 17 rings (SSSR count). The Morgan fingerprint density at radius 2 is 0.904 bits per heavy atom. The minimum atomic E-state index is -5.08. The van der Waals surface area contributed by atoms with Crippen molar-refractivity contribution >= 4 is 116 Å². The molecule has 5 heterocycles. The fourth-order valence-electron chi connectivity index (χ4n) is 11.4. The van der Waals surface area contributed by atoms with Gasteiger partial charge in [-0.1, -0.05) is 218 Å². The number of rotatable bonds is 9. The van der Waals surface area contributed by atoms with Gasteiger partial charge in [0.1, 0.15) is 22.3 Å². The third-order valence-corrected chi connectivity index (χ3v) is 19.4. The number of benzene rings is 12. The lowest BCUT2D eigenvalue weighted by molar-refractivity contribution is 0.669. The molecule has 0 saturated heterocycles. The number of hydrogen-bond acceptors (Lipinski definition) is 5. The van der Waals surface area contributed by atoms with Gasteiger partial charge in [0.15, 0.2) is 19.7 Å². The van der Waals surface area contributed by atoms with E-state index in [1.807, 2.05) is 6.07 Å². The molecule has 0 atom stereocenters. The van der Waals surface area contributed by atoms with Crippen LogP contribution < -0.4 is 20.7 Å². The van der Waals surface area contributed by atoms with E-state index in [0.29, 0.717) is 27.3 Å². The minimum absolute atomic E-state index is 0.0400. The molecule has 0 N–H and O–H groups in total. The molecule has 0 aliphatic rings. The Morgan fingerprint density at radius 1 is 0.349 bits per heavy atom. The molecule has 0 saturated carbocycles. The van der Waals surface area contributed by atoms with E-state index in [-0.39, 0.29) is 54.0 Å². The molecule has 0 aliphatic heterocycles. The van der Waals surface area contributed by atoms with Crippen LogP contribution in [0.25, 0.3) is 133 Å². The van der Waals surface area contributed by atoms with E-state index in [4.69, 9.17) is 30.6 Å². The molecule has 0 fully saturated rings. The number of furan rings is 2. The molecule has 83 heavy (non-hydrogen) atoms. The van der Waals surface area contributed by atoms with E-state index in [9.17, 15) is 28.8 Å². The number of aromatic nitrogens is 5. The lowest BCUT2D eigenvalue weighted by Crippen LogP contribution is -2.74. The number of para-hydroxylation sites is 6. The van der Waals surface area contributed by atoms with Crippen molar-refractivity contribution in [1.82, 2.24) is 24.1 Å². The highest BCUT2D eigenvalue weighted by Gasteiger charge is 2.42. The predicted octanol–water partition coefficient (Wildman–Crippen LogP) is 16.2. The van der Waals surface area contributed by atoms with Crippen molar-refractivity contribution < 1.29 is 44.5 Å². The molecule has 7 nitrogen and oxygen atoms in total. The van der Waals surface area contributed by atoms with Gasteiger partial charge in [0.25, 0.3) is 0 Å². The maximum atomic E-state index is 11.1. The summed E-state index contributed by atoms with van der Waals surface area (Å²) in [6.07, 6.45) is 0. The highest BCUT2D eigenvalue weighted by molar-refractivity contribution is 7.20. The molecule has 0 spiro atoms. The van der Waals surface area contributed by atoms with Crippen LogP contribution in [0.2, 0.25) is 0 Å². The zero-order valence-electron chi connectivity index (χ0n) is 68.7. The first-order valence-electron chi connectivity index (χ1n) is 39.0. The van der Waals surface area contributed by atoms with E-state index in [1.54, 1.807) is 121 Å². The van der Waals surface area contributed by atoms with E-state index >= 15 is 0 Å². The molecular formula is C75H47N5O2Si. The first-order chi connectivity index (χ1) is 52.0. The van der Waals surface area contributed by atoms with Crippen molar-refractivity contribution in [3.63, 3.8) is 0 Å². The van der Waals surface area contributed by atoms with E-state index in [1.165, 1.54) is 0 Å². The Labute approximate surface area is 513 Å². The lowest BCUT2D eigenvalue weighted by Gasteiger charge is -2.35. The third kappa shape index (κ3) is 7.19. The fourth-order valence-corrected chi connectivity index (χ4v) is 15.7. The van der Waals surface area contributed by atoms with Crippen molar-refractivity contribution in [2.45, 2.75) is 0 Å². The summed E-state index contributed by atoms with van der Waals surface area (Å²) in [6, 6.07) is 13.4. The Morgan fingerprint density at radius 3 is 1.61 bits per heavy atom. The summed E-state index contributed by atoms with van der Waals surface area (Å²) in [5.41, 5.74) is -3.64. The Balaban J connectivity index is 1.08. The van der Waals surface area contributed by atoms with Crippen molar-refractivity contribution in [3.05, 3.63) is 284 Å². The first kappa shape index (κ1) is 28.0. The molecule has 12 aromatic carbocycles. The summed E-state index contributed by atoms with van der Waals surface area (Å²) in [5.74, 6) is -2.72. The van der Waals surface area contributed by atoms with Crippen LogP contribution in [-0.4, -0.2) is 32.2 Å². The first-order valence-corrected chi connectivity index (χ1v) is 28.0. The normalized spacial score (nSPS) is 16.5. The maximum Gasteiger partial charge on any atom is 0.238 e. The average molecular weight is 1100 g/mol. The number of hydrogen-bond donors (Lipinski definition) is 0. The second-order valence-corrected chi connectivity index (χ2v) is 23.1. The van der Waals surface area contributed by atoms with Crippen molar-refractivity contribution in [2.75, 3.05) is 0 Å². The molecule has 0 unspecified atom stereocenters. The van der Waals surface area contributed by atoms with Crippen LogP contribution in [0, 0.1) is 0 Å². The number of nitrogens with zero attached hydrogens (tertiary/aromatic N) is 5. The molecule has 0 amide bonds. The van der Waals surface area contributed by atoms with Gasteiger partial charge < -0.3 is 13.4 Å². The van der Waals surface area contributed by atoms with Gasteiger partial charge >= 0.3 is 0 Å². The van der Waals surface area contributed by atoms with Crippen LogP contribution in [0.15, 0.2) is 293 Å². The molecule has 8 heteroatoms. The van der Waals surface area contributed by atoms with E-state index < -0.39 is 238 Å².